The molecule has 0 bridgehead atoms. The molecule has 1 amide bonds. The molecule has 1 saturated heterocycles. The van der Waals surface area contributed by atoms with Crippen molar-refractivity contribution in [2.24, 2.45) is 0 Å². The summed E-state index contributed by atoms with van der Waals surface area (Å²) < 4.78 is 46.0. The highest BCUT2D eigenvalue weighted by molar-refractivity contribution is 5.65. The Kier molecular flexibility index (Phi) is 4.51. The highest BCUT2D eigenvalue weighted by Crippen LogP contribution is 2.30. The molecule has 2 heterocycles. The summed E-state index contributed by atoms with van der Waals surface area (Å²) in [6, 6.07) is 5.30. The number of alkyl halides is 3. The summed E-state index contributed by atoms with van der Waals surface area (Å²) in [7, 11) is 0. The highest BCUT2D eigenvalue weighted by Gasteiger charge is 2.31. The Hall–Kier alpha value is -2.78. The van der Waals surface area contributed by atoms with Gasteiger partial charge in [-0.1, -0.05) is 17.3 Å². The fraction of sp³-hybridized carbons (Fsp3) is 0.400. The van der Waals surface area contributed by atoms with E-state index in [2.05, 4.69) is 14.9 Å². The van der Waals surface area contributed by atoms with Crippen molar-refractivity contribution in [1.29, 1.82) is 0 Å². The van der Waals surface area contributed by atoms with Crippen LogP contribution in [-0.4, -0.2) is 45.7 Å². The molecule has 1 fully saturated rings. The summed E-state index contributed by atoms with van der Waals surface area (Å²) in [6.45, 7) is 0.735. The van der Waals surface area contributed by atoms with E-state index in [9.17, 15) is 18.0 Å². The van der Waals surface area contributed by atoms with Gasteiger partial charge in [0, 0.05) is 24.6 Å². The molecule has 0 atom stereocenters. The zero-order valence-electron chi connectivity index (χ0n) is 12.9. The molecule has 1 aliphatic heterocycles. The number of carbonyl (C=O) groups is 1. The van der Waals surface area contributed by atoms with Gasteiger partial charge < -0.3 is 19.3 Å². The minimum atomic E-state index is -4.78. The van der Waals surface area contributed by atoms with Crippen molar-refractivity contribution in [2.45, 2.75) is 25.1 Å². The minimum absolute atomic E-state index is 0.0774. The predicted molar refractivity (Wildman–Crippen MR) is 78.0 cm³/mol. The summed E-state index contributed by atoms with van der Waals surface area (Å²) in [6.07, 6.45) is -4.65. The van der Waals surface area contributed by atoms with Crippen molar-refractivity contribution >= 4 is 6.09 Å². The monoisotopic (exact) mass is 357 g/mol. The van der Waals surface area contributed by atoms with E-state index in [-0.39, 0.29) is 17.5 Å². The quantitative estimate of drug-likeness (QED) is 0.905. The first-order chi connectivity index (χ1) is 11.8. The maximum atomic E-state index is 12.3. The molecular formula is C15H14F3N3O4. The van der Waals surface area contributed by atoms with Crippen LogP contribution in [-0.2, 0) is 0 Å². The van der Waals surface area contributed by atoms with E-state index in [1.807, 2.05) is 0 Å². The van der Waals surface area contributed by atoms with Crippen molar-refractivity contribution in [3.8, 4) is 17.1 Å². The number of likely N-dealkylation sites (tertiary alicyclic amines) is 1. The zero-order chi connectivity index (χ0) is 18.0. The average molecular weight is 357 g/mol. The average Bonchev–Trinajstić information content (AvgIpc) is 3.03. The number of hydrogen-bond donors (Lipinski definition) is 1. The number of halogens is 3. The number of amides is 1. The van der Waals surface area contributed by atoms with E-state index in [0.717, 1.165) is 0 Å². The van der Waals surface area contributed by atoms with E-state index in [1.54, 1.807) is 6.07 Å². The summed E-state index contributed by atoms with van der Waals surface area (Å²) in [4.78, 5) is 16.4. The van der Waals surface area contributed by atoms with Crippen molar-refractivity contribution in [3.63, 3.8) is 0 Å². The second-order valence-electron chi connectivity index (χ2n) is 5.58. The first-order valence-electron chi connectivity index (χ1n) is 7.49. The SMILES string of the molecule is O=C(O)N1CCC(c2nc(-c3cccc(OC(F)(F)F)c3)no2)CC1. The highest BCUT2D eigenvalue weighted by atomic mass is 19.4. The van der Waals surface area contributed by atoms with Gasteiger partial charge in [-0.2, -0.15) is 4.98 Å². The molecule has 0 aliphatic carbocycles. The molecule has 3 rings (SSSR count). The van der Waals surface area contributed by atoms with Gasteiger partial charge in [0.1, 0.15) is 5.75 Å². The van der Waals surface area contributed by atoms with Crippen LogP contribution in [0.5, 0.6) is 5.75 Å². The van der Waals surface area contributed by atoms with Gasteiger partial charge in [-0.3, -0.25) is 0 Å². The second kappa shape index (κ2) is 6.61. The molecule has 0 spiro atoms. The normalized spacial score (nSPS) is 16.0. The number of carboxylic acid groups (broad SMARTS) is 1. The summed E-state index contributed by atoms with van der Waals surface area (Å²) >= 11 is 0. The molecule has 134 valence electrons. The first kappa shape index (κ1) is 17.1. The molecule has 25 heavy (non-hydrogen) atoms. The lowest BCUT2D eigenvalue weighted by atomic mass is 9.97. The molecule has 2 aromatic rings. The van der Waals surface area contributed by atoms with Crippen LogP contribution < -0.4 is 4.74 Å². The van der Waals surface area contributed by atoms with E-state index in [4.69, 9.17) is 9.63 Å². The molecule has 1 aliphatic rings. The number of nitrogens with zero attached hydrogens (tertiary/aromatic N) is 3. The molecule has 0 unspecified atom stereocenters. The topological polar surface area (TPSA) is 88.7 Å². The first-order valence-corrected chi connectivity index (χ1v) is 7.49. The van der Waals surface area contributed by atoms with Crippen molar-refractivity contribution in [2.75, 3.05) is 13.1 Å². The Morgan fingerprint density at radius 3 is 2.68 bits per heavy atom. The molecule has 0 saturated carbocycles. The Morgan fingerprint density at radius 1 is 1.32 bits per heavy atom. The predicted octanol–water partition coefficient (Wildman–Crippen LogP) is 3.49. The lowest BCUT2D eigenvalue weighted by Gasteiger charge is -2.27. The third-order valence-electron chi connectivity index (χ3n) is 3.88. The van der Waals surface area contributed by atoms with Gasteiger partial charge in [-0.15, -0.1) is 13.2 Å². The van der Waals surface area contributed by atoms with E-state index in [1.165, 1.54) is 23.1 Å². The number of piperidine rings is 1. The lowest BCUT2D eigenvalue weighted by molar-refractivity contribution is -0.274. The van der Waals surface area contributed by atoms with Gasteiger partial charge in [-0.05, 0) is 25.0 Å². The molecule has 7 nitrogen and oxygen atoms in total. The largest absolute Gasteiger partial charge is 0.573 e. The van der Waals surface area contributed by atoms with Gasteiger partial charge in [0.05, 0.1) is 0 Å². The van der Waals surface area contributed by atoms with Crippen LogP contribution in [0.2, 0.25) is 0 Å². The molecule has 0 radical (unpaired) electrons. The number of ether oxygens (including phenoxy) is 1. The van der Waals surface area contributed by atoms with E-state index < -0.39 is 12.5 Å². The third kappa shape index (κ3) is 4.20. The third-order valence-corrected chi connectivity index (χ3v) is 3.88. The van der Waals surface area contributed by atoms with E-state index in [0.29, 0.717) is 37.4 Å². The van der Waals surface area contributed by atoms with Gasteiger partial charge in [0.15, 0.2) is 0 Å². The summed E-state index contributed by atoms with van der Waals surface area (Å²) in [5.41, 5.74) is 0.333. The van der Waals surface area contributed by atoms with Crippen LogP contribution >= 0.6 is 0 Å². The lowest BCUT2D eigenvalue weighted by Crippen LogP contribution is -2.36. The smallest absolute Gasteiger partial charge is 0.465 e. The molecular weight excluding hydrogens is 343 g/mol. The van der Waals surface area contributed by atoms with Crippen molar-refractivity contribution < 1.29 is 32.3 Å². The minimum Gasteiger partial charge on any atom is -0.465 e. The van der Waals surface area contributed by atoms with Crippen LogP contribution in [0.1, 0.15) is 24.7 Å². The van der Waals surface area contributed by atoms with Gasteiger partial charge in [0.2, 0.25) is 11.7 Å². The summed E-state index contributed by atoms with van der Waals surface area (Å²) in [5, 5.41) is 12.7. The second-order valence-corrected chi connectivity index (χ2v) is 5.58. The Labute approximate surface area is 140 Å². The molecule has 10 heteroatoms. The van der Waals surface area contributed by atoms with Gasteiger partial charge in [0.25, 0.3) is 0 Å². The van der Waals surface area contributed by atoms with Crippen LogP contribution in [0.4, 0.5) is 18.0 Å². The number of rotatable bonds is 3. The fourth-order valence-corrected chi connectivity index (χ4v) is 2.67. The van der Waals surface area contributed by atoms with Crippen molar-refractivity contribution in [3.05, 3.63) is 30.2 Å². The van der Waals surface area contributed by atoms with Gasteiger partial charge in [-0.25, -0.2) is 4.79 Å². The van der Waals surface area contributed by atoms with Crippen LogP contribution in [0.25, 0.3) is 11.4 Å². The Balaban J connectivity index is 1.72. The zero-order valence-corrected chi connectivity index (χ0v) is 12.9. The number of aromatic nitrogens is 2. The fourth-order valence-electron chi connectivity index (χ4n) is 2.67. The maximum Gasteiger partial charge on any atom is 0.573 e. The molecule has 1 aromatic heterocycles. The summed E-state index contributed by atoms with van der Waals surface area (Å²) in [5.74, 6) is 0.0584. The van der Waals surface area contributed by atoms with Gasteiger partial charge >= 0.3 is 12.5 Å². The molecule has 1 aromatic carbocycles. The maximum absolute atomic E-state index is 12.3. The molecule has 1 N–H and O–H groups in total. The van der Waals surface area contributed by atoms with Crippen LogP contribution in [0.15, 0.2) is 28.8 Å². The van der Waals surface area contributed by atoms with Crippen molar-refractivity contribution in [1.82, 2.24) is 15.0 Å². The Morgan fingerprint density at radius 2 is 2.04 bits per heavy atom. The van der Waals surface area contributed by atoms with E-state index >= 15 is 0 Å². The standard InChI is InChI=1S/C15H14F3N3O4/c16-15(17,18)24-11-3-1-2-10(8-11)12-19-13(25-20-12)9-4-6-21(7-5-9)14(22)23/h1-3,8-9H,4-7H2,(H,22,23). The van der Waals surface area contributed by atoms with Crippen LogP contribution in [0, 0.1) is 0 Å². The number of benzene rings is 1. The Bertz CT molecular complexity index is 754. The number of hydrogen-bond acceptors (Lipinski definition) is 5. The van der Waals surface area contributed by atoms with Crippen LogP contribution in [0.3, 0.4) is 0 Å².